The van der Waals surface area contributed by atoms with Crippen molar-refractivity contribution in [3.8, 4) is 11.4 Å². The smallest absolute Gasteiger partial charge is 0.237 e. The van der Waals surface area contributed by atoms with Gasteiger partial charge in [-0.25, -0.2) is 0 Å². The van der Waals surface area contributed by atoms with Crippen LogP contribution >= 0.6 is 24.0 Å². The molecule has 142 valence electrons. The monoisotopic (exact) mass is 405 g/mol. The maximum Gasteiger partial charge on any atom is 0.237 e. The van der Waals surface area contributed by atoms with Crippen molar-refractivity contribution in [2.24, 2.45) is 5.73 Å². The zero-order valence-electron chi connectivity index (χ0n) is 14.7. The van der Waals surface area contributed by atoms with Crippen molar-refractivity contribution < 1.29 is 9.26 Å². The third kappa shape index (κ3) is 3.87. The van der Waals surface area contributed by atoms with E-state index in [9.17, 15) is 0 Å². The fourth-order valence-electron chi connectivity index (χ4n) is 3.44. The SMILES string of the molecule is Cl.NCc1ccc(-c2noc(C3(c4ccc(Cl)cc4)CCOCC3)n2)cc1. The van der Waals surface area contributed by atoms with E-state index in [2.05, 4.69) is 5.16 Å². The van der Waals surface area contributed by atoms with Gasteiger partial charge in [0.25, 0.3) is 0 Å². The van der Waals surface area contributed by atoms with Gasteiger partial charge in [0.2, 0.25) is 11.7 Å². The van der Waals surface area contributed by atoms with Gasteiger partial charge in [-0.1, -0.05) is 53.2 Å². The van der Waals surface area contributed by atoms with Crippen LogP contribution in [-0.4, -0.2) is 23.4 Å². The largest absolute Gasteiger partial charge is 0.381 e. The highest BCUT2D eigenvalue weighted by atomic mass is 35.5. The van der Waals surface area contributed by atoms with Gasteiger partial charge in [-0.3, -0.25) is 0 Å². The number of hydrogen-bond acceptors (Lipinski definition) is 5. The molecule has 0 aliphatic carbocycles. The topological polar surface area (TPSA) is 74.2 Å². The zero-order chi connectivity index (χ0) is 18.0. The quantitative estimate of drug-likeness (QED) is 0.697. The molecule has 5 nitrogen and oxygen atoms in total. The van der Waals surface area contributed by atoms with Gasteiger partial charge in [-0.2, -0.15) is 4.98 Å². The van der Waals surface area contributed by atoms with Gasteiger partial charge < -0.3 is 15.0 Å². The van der Waals surface area contributed by atoms with Crippen LogP contribution in [0.5, 0.6) is 0 Å². The van der Waals surface area contributed by atoms with Crippen LogP contribution in [0.2, 0.25) is 5.02 Å². The van der Waals surface area contributed by atoms with Gasteiger partial charge in [-0.15, -0.1) is 12.4 Å². The van der Waals surface area contributed by atoms with Gasteiger partial charge in [-0.05, 0) is 36.1 Å². The number of rotatable bonds is 4. The van der Waals surface area contributed by atoms with Gasteiger partial charge in [0.1, 0.15) is 0 Å². The van der Waals surface area contributed by atoms with Crippen molar-refractivity contribution in [3.63, 3.8) is 0 Å². The Labute approximate surface area is 169 Å². The third-order valence-electron chi connectivity index (χ3n) is 5.03. The second-order valence-corrected chi connectivity index (χ2v) is 6.96. The van der Waals surface area contributed by atoms with E-state index < -0.39 is 0 Å². The van der Waals surface area contributed by atoms with Crippen molar-refractivity contribution in [3.05, 3.63) is 70.6 Å². The summed E-state index contributed by atoms with van der Waals surface area (Å²) in [6.45, 7) is 1.83. The predicted octanol–water partition coefficient (Wildman–Crippen LogP) is 4.37. The van der Waals surface area contributed by atoms with E-state index in [1.165, 1.54) is 0 Å². The minimum absolute atomic E-state index is 0. The summed E-state index contributed by atoms with van der Waals surface area (Å²) in [6, 6.07) is 15.8. The Balaban J connectivity index is 0.00000210. The molecular weight excluding hydrogens is 385 g/mol. The van der Waals surface area contributed by atoms with Crippen molar-refractivity contribution in [1.82, 2.24) is 10.1 Å². The highest BCUT2D eigenvalue weighted by Gasteiger charge is 2.41. The van der Waals surface area contributed by atoms with E-state index in [1.807, 2.05) is 48.5 Å². The minimum Gasteiger partial charge on any atom is -0.381 e. The Bertz CT molecular complexity index is 873. The molecule has 4 rings (SSSR count). The van der Waals surface area contributed by atoms with Crippen molar-refractivity contribution in [2.75, 3.05) is 13.2 Å². The fourth-order valence-corrected chi connectivity index (χ4v) is 3.57. The van der Waals surface area contributed by atoms with Crippen LogP contribution in [0.1, 0.15) is 29.9 Å². The number of ether oxygens (including phenoxy) is 1. The van der Waals surface area contributed by atoms with Crippen LogP contribution in [0.15, 0.2) is 53.1 Å². The third-order valence-corrected chi connectivity index (χ3v) is 5.28. The highest BCUT2D eigenvalue weighted by molar-refractivity contribution is 6.30. The van der Waals surface area contributed by atoms with Crippen molar-refractivity contribution in [2.45, 2.75) is 24.8 Å². The summed E-state index contributed by atoms with van der Waals surface area (Å²) in [5.41, 5.74) is 8.43. The van der Waals surface area contributed by atoms with E-state index in [1.54, 1.807) is 0 Å². The number of halogens is 2. The molecule has 1 aromatic heterocycles. The molecule has 1 fully saturated rings. The molecule has 2 heterocycles. The molecule has 2 aromatic carbocycles. The predicted molar refractivity (Wildman–Crippen MR) is 107 cm³/mol. The molecule has 0 bridgehead atoms. The van der Waals surface area contributed by atoms with Crippen LogP contribution in [0, 0.1) is 0 Å². The van der Waals surface area contributed by atoms with E-state index >= 15 is 0 Å². The van der Waals surface area contributed by atoms with Crippen LogP contribution in [0.25, 0.3) is 11.4 Å². The summed E-state index contributed by atoms with van der Waals surface area (Å²) >= 11 is 6.07. The number of benzene rings is 2. The van der Waals surface area contributed by atoms with E-state index in [4.69, 9.17) is 31.6 Å². The lowest BCUT2D eigenvalue weighted by Crippen LogP contribution is -2.35. The van der Waals surface area contributed by atoms with Crippen molar-refractivity contribution >= 4 is 24.0 Å². The lowest BCUT2D eigenvalue weighted by Gasteiger charge is -2.34. The Morgan fingerprint density at radius 3 is 2.30 bits per heavy atom. The summed E-state index contributed by atoms with van der Waals surface area (Å²) in [5.74, 6) is 1.21. The first kappa shape index (κ1) is 19.8. The summed E-state index contributed by atoms with van der Waals surface area (Å²) < 4.78 is 11.3. The van der Waals surface area contributed by atoms with E-state index in [-0.39, 0.29) is 17.8 Å². The first-order valence-corrected chi connectivity index (χ1v) is 9.06. The highest BCUT2D eigenvalue weighted by Crippen LogP contribution is 2.41. The number of aromatic nitrogens is 2. The Kier molecular flexibility index (Phi) is 6.17. The molecule has 1 aliphatic heterocycles. The Hall–Kier alpha value is -1.92. The van der Waals surface area contributed by atoms with Crippen molar-refractivity contribution in [1.29, 1.82) is 0 Å². The van der Waals surface area contributed by atoms with Gasteiger partial charge in [0.15, 0.2) is 0 Å². The first-order valence-electron chi connectivity index (χ1n) is 8.69. The fraction of sp³-hybridized carbons (Fsp3) is 0.300. The summed E-state index contributed by atoms with van der Waals surface area (Å²) in [4.78, 5) is 4.73. The number of hydrogen-bond donors (Lipinski definition) is 1. The lowest BCUT2D eigenvalue weighted by atomic mass is 9.74. The van der Waals surface area contributed by atoms with E-state index in [0.717, 1.165) is 29.5 Å². The first-order chi connectivity index (χ1) is 12.7. The molecule has 1 saturated heterocycles. The van der Waals surface area contributed by atoms with Crippen LogP contribution in [0.4, 0.5) is 0 Å². The molecule has 0 amide bonds. The van der Waals surface area contributed by atoms with Gasteiger partial charge >= 0.3 is 0 Å². The average molecular weight is 406 g/mol. The minimum atomic E-state index is -0.342. The molecule has 2 N–H and O–H groups in total. The average Bonchev–Trinajstić information content (AvgIpc) is 3.20. The second-order valence-electron chi connectivity index (χ2n) is 6.53. The van der Waals surface area contributed by atoms with Crippen LogP contribution < -0.4 is 5.73 Å². The van der Waals surface area contributed by atoms with E-state index in [0.29, 0.717) is 36.5 Å². The maximum absolute atomic E-state index is 6.07. The summed E-state index contributed by atoms with van der Waals surface area (Å²) in [6.07, 6.45) is 1.59. The molecule has 27 heavy (non-hydrogen) atoms. The number of nitrogens with two attached hydrogens (primary N) is 1. The molecule has 0 spiro atoms. The number of nitrogens with zero attached hydrogens (tertiary/aromatic N) is 2. The van der Waals surface area contributed by atoms with Gasteiger partial charge in [0.05, 0.1) is 5.41 Å². The van der Waals surface area contributed by atoms with Crippen LogP contribution in [0.3, 0.4) is 0 Å². The summed E-state index contributed by atoms with van der Waals surface area (Å²) in [7, 11) is 0. The molecular formula is C20H21Cl2N3O2. The normalized spacial score (nSPS) is 15.9. The van der Waals surface area contributed by atoms with Crippen LogP contribution in [-0.2, 0) is 16.7 Å². The Morgan fingerprint density at radius 2 is 1.67 bits per heavy atom. The molecule has 0 saturated carbocycles. The molecule has 0 unspecified atom stereocenters. The second kappa shape index (κ2) is 8.40. The molecule has 0 atom stereocenters. The lowest BCUT2D eigenvalue weighted by molar-refractivity contribution is 0.0523. The Morgan fingerprint density at radius 1 is 1.00 bits per heavy atom. The standard InChI is InChI=1S/C20H20ClN3O2.ClH/c21-17-7-5-16(6-8-17)20(9-11-25-12-10-20)19-23-18(24-26-19)15-3-1-14(13-22)2-4-15;/h1-8H,9-13,22H2;1H. The van der Waals surface area contributed by atoms with Gasteiger partial charge in [0, 0.05) is 30.3 Å². The molecule has 7 heteroatoms. The summed E-state index contributed by atoms with van der Waals surface area (Å²) in [5, 5.41) is 4.93. The zero-order valence-corrected chi connectivity index (χ0v) is 16.3. The molecule has 3 aromatic rings. The molecule has 1 aliphatic rings. The maximum atomic E-state index is 6.07. The molecule has 0 radical (unpaired) electrons.